The smallest absolute Gasteiger partial charge is 0.154 e. The van der Waals surface area contributed by atoms with E-state index >= 15 is 0 Å². The van der Waals surface area contributed by atoms with Crippen LogP contribution < -0.4 is 0 Å². The molecule has 1 rings (SSSR count). The fraction of sp³-hybridized carbons (Fsp3) is 0.550. The Kier molecular flexibility index (Phi) is 19.3. The highest BCUT2D eigenvalue weighted by Gasteiger charge is 1.96. The second kappa shape index (κ2) is 18.8. The maximum absolute atomic E-state index is 10.1. The van der Waals surface area contributed by atoms with Gasteiger partial charge in [0.1, 0.15) is 6.29 Å². The third kappa shape index (κ3) is 18.6. The van der Waals surface area contributed by atoms with Crippen LogP contribution in [0.25, 0.3) is 5.57 Å². The number of hydrogen-bond donors (Lipinski definition) is 2. The molecule has 0 aromatic heterocycles. The predicted molar refractivity (Wildman–Crippen MR) is 102 cm³/mol. The minimum Gasteiger partial charge on any atom is -0.394 e. The van der Waals surface area contributed by atoms with Crippen molar-refractivity contribution in [3.05, 3.63) is 42.5 Å². The Morgan fingerprint density at radius 3 is 2.00 bits per heavy atom. The Hall–Kier alpha value is -1.53. The molecule has 0 aliphatic rings. The molecule has 0 aliphatic carbocycles. The van der Waals surface area contributed by atoms with E-state index in [1.807, 2.05) is 51.1 Å². The van der Waals surface area contributed by atoms with E-state index in [1.54, 1.807) is 0 Å². The van der Waals surface area contributed by atoms with Gasteiger partial charge in [0.25, 0.3) is 0 Å². The molecule has 2 N–H and O–H groups in total. The molecule has 0 spiro atoms. The van der Waals surface area contributed by atoms with Gasteiger partial charge in [-0.2, -0.15) is 0 Å². The first-order valence-electron chi connectivity index (χ1n) is 8.61. The first kappa shape index (κ1) is 25.7. The van der Waals surface area contributed by atoms with Gasteiger partial charge in [-0.1, -0.05) is 36.9 Å². The minimum absolute atomic E-state index is 0.0370. The van der Waals surface area contributed by atoms with E-state index in [4.69, 9.17) is 19.7 Å². The van der Waals surface area contributed by atoms with Crippen molar-refractivity contribution >= 4 is 11.9 Å². The number of carbonyl (C=O) groups is 1. The molecule has 144 valence electrons. The van der Waals surface area contributed by atoms with Crippen LogP contribution in [0.2, 0.25) is 0 Å². The van der Waals surface area contributed by atoms with Gasteiger partial charge < -0.3 is 24.5 Å². The van der Waals surface area contributed by atoms with Crippen LogP contribution in [0, 0.1) is 0 Å². The zero-order valence-corrected chi connectivity index (χ0v) is 16.0. The predicted octanol–water partition coefficient (Wildman–Crippen LogP) is 3.44. The van der Waals surface area contributed by atoms with Crippen LogP contribution in [-0.4, -0.2) is 48.7 Å². The van der Waals surface area contributed by atoms with Crippen LogP contribution >= 0.6 is 0 Å². The second-order valence-electron chi connectivity index (χ2n) is 5.18. The van der Waals surface area contributed by atoms with Crippen molar-refractivity contribution in [2.24, 2.45) is 0 Å². The summed E-state index contributed by atoms with van der Waals surface area (Å²) in [5.74, 6) is 0. The topological polar surface area (TPSA) is 76.0 Å². The Morgan fingerprint density at radius 2 is 1.64 bits per heavy atom. The molecule has 0 saturated heterocycles. The molecule has 1 aromatic rings. The van der Waals surface area contributed by atoms with E-state index < -0.39 is 6.10 Å². The third-order valence-electron chi connectivity index (χ3n) is 2.81. The van der Waals surface area contributed by atoms with Crippen LogP contribution in [0.15, 0.2) is 36.9 Å². The molecule has 0 saturated carbocycles. The van der Waals surface area contributed by atoms with E-state index in [2.05, 4.69) is 6.58 Å². The molecule has 0 amide bonds. The van der Waals surface area contributed by atoms with Crippen molar-refractivity contribution in [1.29, 1.82) is 0 Å². The summed E-state index contributed by atoms with van der Waals surface area (Å²) < 4.78 is 10.1. The number of carbonyl (C=O) groups excluding carboxylic acids is 1. The molecule has 5 heteroatoms. The molecule has 0 radical (unpaired) electrons. The average Bonchev–Trinajstić information content (AvgIpc) is 2.62. The van der Waals surface area contributed by atoms with E-state index in [-0.39, 0.29) is 12.9 Å². The van der Waals surface area contributed by atoms with Crippen LogP contribution in [0.4, 0.5) is 0 Å². The van der Waals surface area contributed by atoms with Crippen molar-refractivity contribution in [3.63, 3.8) is 0 Å². The molecule has 1 unspecified atom stereocenters. The molecule has 5 nitrogen and oxygen atoms in total. The highest BCUT2D eigenvalue weighted by molar-refractivity contribution is 5.65. The first-order chi connectivity index (χ1) is 11.9. The quantitative estimate of drug-likeness (QED) is 0.525. The van der Waals surface area contributed by atoms with Crippen molar-refractivity contribution in [2.75, 3.05) is 19.8 Å². The molecule has 0 heterocycles. The summed E-state index contributed by atoms with van der Waals surface area (Å²) >= 11 is 0. The van der Waals surface area contributed by atoms with Crippen LogP contribution in [0.1, 0.15) is 46.1 Å². The van der Waals surface area contributed by atoms with Crippen LogP contribution in [0.3, 0.4) is 0 Å². The number of aliphatic hydroxyl groups excluding tert-OH is 2. The van der Waals surface area contributed by atoms with Gasteiger partial charge >= 0.3 is 0 Å². The van der Waals surface area contributed by atoms with Crippen molar-refractivity contribution in [2.45, 2.75) is 52.9 Å². The molecule has 1 aromatic carbocycles. The van der Waals surface area contributed by atoms with Gasteiger partial charge in [0, 0.05) is 19.6 Å². The standard InChI is InChI=1S/C11H12O.C6H14O2.C3H8O2/c1-10(6-5-9-12)11-7-3-2-4-8-11;1-4-7-6(3)8-5-2;1-3(5)2-4/h2-4,7-9H,1,5-6H2;6H,4-5H2,1-3H3;3-5H,2H2,1H3. The number of hydrogen-bond acceptors (Lipinski definition) is 5. The highest BCUT2D eigenvalue weighted by Crippen LogP contribution is 2.15. The highest BCUT2D eigenvalue weighted by atomic mass is 16.7. The number of rotatable bonds is 9. The van der Waals surface area contributed by atoms with Gasteiger partial charge in [0.15, 0.2) is 6.29 Å². The summed E-state index contributed by atoms with van der Waals surface area (Å²) in [5, 5.41) is 16.0. The van der Waals surface area contributed by atoms with Gasteiger partial charge in [-0.25, -0.2) is 0 Å². The lowest BCUT2D eigenvalue weighted by Gasteiger charge is -2.09. The average molecular weight is 354 g/mol. The number of allylic oxidation sites excluding steroid dienone is 1. The van der Waals surface area contributed by atoms with Gasteiger partial charge in [-0.05, 0) is 45.3 Å². The largest absolute Gasteiger partial charge is 0.394 e. The Bertz CT molecular complexity index is 411. The molecule has 0 bridgehead atoms. The first-order valence-corrected chi connectivity index (χ1v) is 8.61. The Balaban J connectivity index is 0. The number of aliphatic hydroxyl groups is 2. The zero-order valence-electron chi connectivity index (χ0n) is 16.0. The van der Waals surface area contributed by atoms with Crippen molar-refractivity contribution < 1.29 is 24.5 Å². The van der Waals surface area contributed by atoms with E-state index in [0.29, 0.717) is 6.42 Å². The fourth-order valence-corrected chi connectivity index (χ4v) is 1.57. The number of ether oxygens (including phenoxy) is 2. The lowest BCUT2D eigenvalue weighted by Crippen LogP contribution is -2.11. The summed E-state index contributed by atoms with van der Waals surface area (Å²) in [7, 11) is 0. The summed E-state index contributed by atoms with van der Waals surface area (Å²) in [6.07, 6.45) is 1.65. The van der Waals surface area contributed by atoms with E-state index in [9.17, 15) is 4.79 Å². The Morgan fingerprint density at radius 1 is 1.16 bits per heavy atom. The Labute approximate surface area is 152 Å². The maximum Gasteiger partial charge on any atom is 0.154 e. The van der Waals surface area contributed by atoms with E-state index in [1.165, 1.54) is 6.92 Å². The normalized spacial score (nSPS) is 10.8. The van der Waals surface area contributed by atoms with Crippen LogP contribution in [-0.2, 0) is 14.3 Å². The summed E-state index contributed by atoms with van der Waals surface area (Å²) in [5.41, 5.74) is 2.15. The number of aldehydes is 1. The maximum atomic E-state index is 10.1. The van der Waals surface area contributed by atoms with Gasteiger partial charge in [-0.3, -0.25) is 0 Å². The summed E-state index contributed by atoms with van der Waals surface area (Å²) in [6.45, 7) is 12.5. The lowest BCUT2D eigenvalue weighted by atomic mass is 10.0. The minimum atomic E-state index is -0.560. The van der Waals surface area contributed by atoms with Gasteiger partial charge in [0.2, 0.25) is 0 Å². The third-order valence-corrected chi connectivity index (χ3v) is 2.81. The molecule has 0 aliphatic heterocycles. The SMILES string of the molecule is C=C(CCC=O)c1ccccc1.CC(O)CO.CCOC(C)OCC. The van der Waals surface area contributed by atoms with Crippen LogP contribution in [0.5, 0.6) is 0 Å². The van der Waals surface area contributed by atoms with Gasteiger partial charge in [0.05, 0.1) is 12.7 Å². The molecule has 1 atom stereocenters. The number of benzene rings is 1. The second-order valence-corrected chi connectivity index (χ2v) is 5.18. The van der Waals surface area contributed by atoms with Gasteiger partial charge in [-0.15, -0.1) is 0 Å². The van der Waals surface area contributed by atoms with E-state index in [0.717, 1.165) is 37.1 Å². The van der Waals surface area contributed by atoms with Crippen molar-refractivity contribution in [3.8, 4) is 0 Å². The molecule has 0 fully saturated rings. The molecular weight excluding hydrogens is 320 g/mol. The molecular formula is C20H34O5. The van der Waals surface area contributed by atoms with Crippen molar-refractivity contribution in [1.82, 2.24) is 0 Å². The monoisotopic (exact) mass is 354 g/mol. The zero-order chi connectivity index (χ0) is 19.5. The lowest BCUT2D eigenvalue weighted by molar-refractivity contribution is -0.123. The fourth-order valence-electron chi connectivity index (χ4n) is 1.57. The molecule has 25 heavy (non-hydrogen) atoms. The summed E-state index contributed by atoms with van der Waals surface area (Å²) in [6, 6.07) is 9.93. The summed E-state index contributed by atoms with van der Waals surface area (Å²) in [4.78, 5) is 10.1.